The van der Waals surface area contributed by atoms with Gasteiger partial charge in [-0.15, -0.1) is 0 Å². The van der Waals surface area contributed by atoms with Gasteiger partial charge >= 0.3 is 0 Å². The van der Waals surface area contributed by atoms with E-state index in [9.17, 15) is 5.11 Å². The number of phenols is 1. The quantitative estimate of drug-likeness (QED) is 0.679. The van der Waals surface area contributed by atoms with Crippen molar-refractivity contribution < 1.29 is 14.9 Å². The molecule has 0 spiro atoms. The number of hydrogen-bond donors (Lipinski definition) is 2. The van der Waals surface area contributed by atoms with Gasteiger partial charge in [0.1, 0.15) is 5.60 Å². The van der Waals surface area contributed by atoms with Gasteiger partial charge in [0.2, 0.25) is 0 Å². The lowest BCUT2D eigenvalue weighted by Crippen LogP contribution is -2.34. The summed E-state index contributed by atoms with van der Waals surface area (Å²) in [7, 11) is 0. The van der Waals surface area contributed by atoms with Crippen molar-refractivity contribution in [3.63, 3.8) is 0 Å². The molecule has 0 aromatic heterocycles. The predicted octanol–water partition coefficient (Wildman–Crippen LogP) is 1.08. The lowest BCUT2D eigenvalue weighted by molar-refractivity contribution is 0.0429. The lowest BCUT2D eigenvalue weighted by Gasteiger charge is -2.20. The van der Waals surface area contributed by atoms with Crippen LogP contribution in [0.15, 0.2) is 18.2 Å². The van der Waals surface area contributed by atoms with E-state index in [1.807, 2.05) is 13.0 Å². The van der Waals surface area contributed by atoms with Crippen LogP contribution in [0.4, 0.5) is 0 Å². The molecular weight excluding hydrogens is 168 g/mol. The summed E-state index contributed by atoms with van der Waals surface area (Å²) in [5, 5.41) is 18.5. The molecule has 13 heavy (non-hydrogen) atoms. The van der Waals surface area contributed by atoms with Crippen molar-refractivity contribution in [2.45, 2.75) is 18.9 Å². The van der Waals surface area contributed by atoms with Crippen LogP contribution in [0.3, 0.4) is 0 Å². The second-order valence-corrected chi connectivity index (χ2v) is 3.65. The van der Waals surface area contributed by atoms with E-state index in [1.165, 1.54) is 0 Å². The van der Waals surface area contributed by atoms with Crippen LogP contribution >= 0.6 is 0 Å². The Morgan fingerprint density at radius 2 is 2.31 bits per heavy atom. The third-order valence-electron chi connectivity index (χ3n) is 2.32. The van der Waals surface area contributed by atoms with Crippen LogP contribution in [0.1, 0.15) is 12.5 Å². The molecule has 0 saturated carbocycles. The number of fused-ring (bicyclic) bond motifs is 1. The molecule has 2 N–H and O–H groups in total. The number of benzene rings is 1. The topological polar surface area (TPSA) is 49.7 Å². The number of ether oxygens (including phenoxy) is 1. The minimum absolute atomic E-state index is 0.0406. The zero-order valence-electron chi connectivity index (χ0n) is 7.45. The van der Waals surface area contributed by atoms with Gasteiger partial charge in [0.25, 0.3) is 0 Å². The van der Waals surface area contributed by atoms with Gasteiger partial charge < -0.3 is 14.9 Å². The molecule has 0 saturated heterocycles. The molecule has 1 heterocycles. The number of para-hydroxylation sites is 1. The van der Waals surface area contributed by atoms with E-state index in [4.69, 9.17) is 9.84 Å². The van der Waals surface area contributed by atoms with Gasteiger partial charge in [-0.1, -0.05) is 12.1 Å². The highest BCUT2D eigenvalue weighted by molar-refractivity contribution is 5.49. The molecule has 0 fully saturated rings. The molecule has 1 unspecified atom stereocenters. The highest BCUT2D eigenvalue weighted by atomic mass is 16.5. The number of hydrogen-bond acceptors (Lipinski definition) is 3. The zero-order chi connectivity index (χ0) is 9.47. The largest absolute Gasteiger partial charge is 0.504 e. The van der Waals surface area contributed by atoms with Crippen molar-refractivity contribution in [1.29, 1.82) is 0 Å². The maximum absolute atomic E-state index is 9.45. The average Bonchev–Trinajstić information content (AvgIpc) is 2.45. The maximum atomic E-state index is 9.45. The van der Waals surface area contributed by atoms with E-state index in [0.717, 1.165) is 5.56 Å². The van der Waals surface area contributed by atoms with Crippen LogP contribution in [0.5, 0.6) is 11.5 Å². The first-order valence-corrected chi connectivity index (χ1v) is 4.25. The summed E-state index contributed by atoms with van der Waals surface area (Å²) in [6.07, 6.45) is 0.646. The second kappa shape index (κ2) is 2.64. The molecule has 70 valence electrons. The first kappa shape index (κ1) is 8.38. The van der Waals surface area contributed by atoms with E-state index in [1.54, 1.807) is 12.1 Å². The van der Waals surface area contributed by atoms with Crippen molar-refractivity contribution in [3.8, 4) is 11.5 Å². The van der Waals surface area contributed by atoms with Crippen molar-refractivity contribution in [2.75, 3.05) is 6.61 Å². The third kappa shape index (κ3) is 1.25. The van der Waals surface area contributed by atoms with E-state index < -0.39 is 5.60 Å². The molecule has 1 aromatic rings. The lowest BCUT2D eigenvalue weighted by atomic mass is 10.0. The van der Waals surface area contributed by atoms with Crippen LogP contribution in [-0.4, -0.2) is 22.4 Å². The Labute approximate surface area is 76.6 Å². The van der Waals surface area contributed by atoms with Crippen LogP contribution in [0.2, 0.25) is 0 Å². The molecule has 0 aliphatic carbocycles. The smallest absolute Gasteiger partial charge is 0.165 e. The fourth-order valence-electron chi connectivity index (χ4n) is 1.60. The number of aliphatic hydroxyl groups excluding tert-OH is 1. The van der Waals surface area contributed by atoms with E-state index in [2.05, 4.69) is 0 Å². The standard InChI is InChI=1S/C10H12O3/c1-10(6-11)5-7-3-2-4-8(12)9(7)13-10/h2-4,11-12H,5-6H2,1H3. The van der Waals surface area contributed by atoms with E-state index in [0.29, 0.717) is 12.2 Å². The minimum atomic E-state index is -0.568. The van der Waals surface area contributed by atoms with Crippen LogP contribution in [0.25, 0.3) is 0 Å². The molecule has 0 amide bonds. The fraction of sp³-hybridized carbons (Fsp3) is 0.400. The minimum Gasteiger partial charge on any atom is -0.504 e. The first-order valence-electron chi connectivity index (χ1n) is 4.25. The summed E-state index contributed by atoms with van der Waals surface area (Å²) >= 11 is 0. The molecule has 0 radical (unpaired) electrons. The first-order chi connectivity index (χ1) is 6.14. The van der Waals surface area contributed by atoms with Gasteiger partial charge in [-0.3, -0.25) is 0 Å². The van der Waals surface area contributed by atoms with Gasteiger partial charge in [0.15, 0.2) is 11.5 Å². The van der Waals surface area contributed by atoms with Crippen LogP contribution in [-0.2, 0) is 6.42 Å². The van der Waals surface area contributed by atoms with Crippen LogP contribution < -0.4 is 4.74 Å². The molecule has 1 atom stereocenters. The Bertz CT molecular complexity index is 335. The predicted molar refractivity (Wildman–Crippen MR) is 47.9 cm³/mol. The molecule has 1 aromatic carbocycles. The summed E-state index contributed by atoms with van der Waals surface area (Å²) in [4.78, 5) is 0. The summed E-state index contributed by atoms with van der Waals surface area (Å²) in [5.74, 6) is 0.661. The Hall–Kier alpha value is -1.22. The average molecular weight is 180 g/mol. The highest BCUT2D eigenvalue weighted by Gasteiger charge is 2.35. The van der Waals surface area contributed by atoms with Gasteiger partial charge in [-0.2, -0.15) is 0 Å². The Balaban J connectivity index is 2.40. The molecule has 2 rings (SSSR count). The fourth-order valence-corrected chi connectivity index (χ4v) is 1.60. The molecule has 1 aliphatic rings. The Morgan fingerprint density at radius 1 is 1.54 bits per heavy atom. The van der Waals surface area contributed by atoms with Crippen LogP contribution in [0, 0.1) is 0 Å². The second-order valence-electron chi connectivity index (χ2n) is 3.65. The van der Waals surface area contributed by atoms with Gasteiger partial charge in [0.05, 0.1) is 6.61 Å². The van der Waals surface area contributed by atoms with Gasteiger partial charge in [-0.25, -0.2) is 0 Å². The zero-order valence-corrected chi connectivity index (χ0v) is 7.45. The maximum Gasteiger partial charge on any atom is 0.165 e. The summed E-state index contributed by atoms with van der Waals surface area (Å²) in [6, 6.07) is 5.26. The molecule has 0 bridgehead atoms. The number of rotatable bonds is 1. The van der Waals surface area contributed by atoms with Gasteiger partial charge in [-0.05, 0) is 13.0 Å². The Kier molecular flexibility index (Phi) is 1.70. The van der Waals surface area contributed by atoms with Crippen molar-refractivity contribution >= 4 is 0 Å². The molecule has 1 aliphatic heterocycles. The number of phenolic OH excluding ortho intramolecular Hbond substituents is 1. The van der Waals surface area contributed by atoms with Crippen molar-refractivity contribution in [3.05, 3.63) is 23.8 Å². The molecule has 3 nitrogen and oxygen atoms in total. The molecular formula is C10H12O3. The third-order valence-corrected chi connectivity index (χ3v) is 2.32. The van der Waals surface area contributed by atoms with Crippen molar-refractivity contribution in [1.82, 2.24) is 0 Å². The summed E-state index contributed by atoms with van der Waals surface area (Å²) in [6.45, 7) is 1.79. The van der Waals surface area contributed by atoms with Crippen molar-refractivity contribution in [2.24, 2.45) is 0 Å². The van der Waals surface area contributed by atoms with Gasteiger partial charge in [0, 0.05) is 12.0 Å². The Morgan fingerprint density at radius 3 is 2.92 bits per heavy atom. The summed E-state index contributed by atoms with van der Waals surface area (Å²) in [5.41, 5.74) is 0.387. The van der Waals surface area contributed by atoms with E-state index >= 15 is 0 Å². The monoisotopic (exact) mass is 180 g/mol. The number of aliphatic hydroxyl groups is 1. The SMILES string of the molecule is CC1(CO)Cc2cccc(O)c2O1. The highest BCUT2D eigenvalue weighted by Crippen LogP contribution is 2.40. The number of aromatic hydroxyl groups is 1. The summed E-state index contributed by atoms with van der Waals surface area (Å²) < 4.78 is 5.47. The molecule has 3 heteroatoms. The normalized spacial score (nSPS) is 25.4. The van der Waals surface area contributed by atoms with E-state index in [-0.39, 0.29) is 12.4 Å².